The fraction of sp³-hybridized carbons (Fsp3) is 0.364. The Balaban J connectivity index is 1.24. The first-order valence-corrected chi connectivity index (χ1v) is 14.3. The summed E-state index contributed by atoms with van der Waals surface area (Å²) in [6, 6.07) is 24.9. The molecule has 9 nitrogen and oxygen atoms in total. The van der Waals surface area contributed by atoms with Crippen LogP contribution >= 0.6 is 0 Å². The topological polar surface area (TPSA) is 114 Å². The van der Waals surface area contributed by atoms with Gasteiger partial charge in [-0.3, -0.25) is 4.79 Å². The molecular formula is C33H36N2O7. The van der Waals surface area contributed by atoms with E-state index in [1.807, 2.05) is 54.6 Å². The molecule has 220 valence electrons. The Kier molecular flexibility index (Phi) is 9.51. The number of nitrogens with one attached hydrogen (secondary N) is 1. The van der Waals surface area contributed by atoms with Crippen molar-refractivity contribution >= 4 is 18.0 Å². The van der Waals surface area contributed by atoms with Crippen LogP contribution in [0.1, 0.15) is 42.4 Å². The third-order valence-corrected chi connectivity index (χ3v) is 7.90. The van der Waals surface area contributed by atoms with Crippen LogP contribution in [-0.2, 0) is 30.4 Å². The van der Waals surface area contributed by atoms with Gasteiger partial charge in [0, 0.05) is 19.0 Å². The van der Waals surface area contributed by atoms with Crippen LogP contribution in [-0.4, -0.2) is 72.5 Å². The van der Waals surface area contributed by atoms with Crippen LogP contribution in [0.2, 0.25) is 0 Å². The van der Waals surface area contributed by atoms with Gasteiger partial charge in [0.2, 0.25) is 5.91 Å². The third-order valence-electron chi connectivity index (χ3n) is 7.90. The molecule has 2 aliphatic rings. The lowest BCUT2D eigenvalue weighted by molar-refractivity contribution is -0.148. The molecule has 2 unspecified atom stereocenters. The van der Waals surface area contributed by atoms with Gasteiger partial charge in [-0.1, -0.05) is 78.9 Å². The Morgan fingerprint density at radius 2 is 1.50 bits per heavy atom. The number of likely N-dealkylation sites (tertiary alicyclic amines) is 1. The Bertz CT molecular complexity index is 1340. The minimum absolute atomic E-state index is 0.103. The third kappa shape index (κ3) is 6.98. The van der Waals surface area contributed by atoms with Gasteiger partial charge in [-0.05, 0) is 47.6 Å². The fourth-order valence-corrected chi connectivity index (χ4v) is 5.67. The van der Waals surface area contributed by atoms with E-state index in [1.165, 1.54) is 0 Å². The Hall–Kier alpha value is -4.21. The van der Waals surface area contributed by atoms with Gasteiger partial charge < -0.3 is 29.5 Å². The minimum atomic E-state index is -1.02. The standard InChI is InChI=1S/C33H36N2O7/c1-22(40-19-23-9-3-2-4-10-23)31(32(38)35-17-15-24(16-18-35)41-21-30(36)37)34-33(39)42-20-29-27-13-7-5-11-25(27)26-12-6-8-14-28(26)29/h2-14,22,24,29,31H,15-21H2,1H3,(H,34,39)(H,36,37). The van der Waals surface area contributed by atoms with E-state index in [2.05, 4.69) is 29.6 Å². The molecule has 2 N–H and O–H groups in total. The number of piperidine rings is 1. The monoisotopic (exact) mass is 572 g/mol. The highest BCUT2D eigenvalue weighted by Crippen LogP contribution is 2.44. The van der Waals surface area contributed by atoms with Crippen LogP contribution in [0.3, 0.4) is 0 Å². The summed E-state index contributed by atoms with van der Waals surface area (Å²) in [5, 5.41) is 11.7. The lowest BCUT2D eigenvalue weighted by Crippen LogP contribution is -2.56. The predicted molar refractivity (Wildman–Crippen MR) is 156 cm³/mol. The number of carbonyl (C=O) groups excluding carboxylic acids is 2. The van der Waals surface area contributed by atoms with E-state index in [4.69, 9.17) is 19.3 Å². The van der Waals surface area contributed by atoms with Crippen LogP contribution in [0.15, 0.2) is 78.9 Å². The highest BCUT2D eigenvalue weighted by Gasteiger charge is 2.35. The highest BCUT2D eigenvalue weighted by atomic mass is 16.6. The number of aliphatic carboxylic acids is 1. The van der Waals surface area contributed by atoms with Crippen LogP contribution < -0.4 is 5.32 Å². The number of hydrogen-bond donors (Lipinski definition) is 2. The quantitative estimate of drug-likeness (QED) is 0.345. The molecule has 2 atom stereocenters. The summed E-state index contributed by atoms with van der Waals surface area (Å²) in [5.41, 5.74) is 5.43. The van der Waals surface area contributed by atoms with Crippen LogP contribution in [0.25, 0.3) is 11.1 Å². The highest BCUT2D eigenvalue weighted by molar-refractivity contribution is 5.86. The summed E-state index contributed by atoms with van der Waals surface area (Å²) in [7, 11) is 0. The number of carboxylic acids is 1. The minimum Gasteiger partial charge on any atom is -0.480 e. The lowest BCUT2D eigenvalue weighted by atomic mass is 9.98. The summed E-state index contributed by atoms with van der Waals surface area (Å²) >= 11 is 0. The van der Waals surface area contributed by atoms with Gasteiger partial charge >= 0.3 is 12.1 Å². The van der Waals surface area contributed by atoms with E-state index >= 15 is 0 Å². The summed E-state index contributed by atoms with van der Waals surface area (Å²) < 4.78 is 17.2. The number of carbonyl (C=O) groups is 3. The van der Waals surface area contributed by atoms with Gasteiger partial charge in [-0.15, -0.1) is 0 Å². The van der Waals surface area contributed by atoms with Crippen LogP contribution in [0.5, 0.6) is 0 Å². The van der Waals surface area contributed by atoms with Crippen molar-refractivity contribution in [1.82, 2.24) is 10.2 Å². The number of alkyl carbamates (subject to hydrolysis) is 1. The van der Waals surface area contributed by atoms with Crippen LogP contribution in [0, 0.1) is 0 Å². The zero-order valence-corrected chi connectivity index (χ0v) is 23.6. The van der Waals surface area contributed by atoms with Crippen molar-refractivity contribution < 1.29 is 33.7 Å². The van der Waals surface area contributed by atoms with Crippen LogP contribution in [0.4, 0.5) is 4.79 Å². The second-order valence-electron chi connectivity index (χ2n) is 10.7. The Labute approximate surface area is 245 Å². The number of amides is 2. The van der Waals surface area contributed by atoms with Crippen molar-refractivity contribution in [2.45, 2.75) is 50.5 Å². The zero-order chi connectivity index (χ0) is 29.5. The molecule has 3 aromatic carbocycles. The van der Waals surface area contributed by atoms with E-state index in [0.29, 0.717) is 25.9 Å². The summed E-state index contributed by atoms with van der Waals surface area (Å²) in [4.78, 5) is 39.4. The zero-order valence-electron chi connectivity index (χ0n) is 23.6. The van der Waals surface area contributed by atoms with E-state index < -0.39 is 24.2 Å². The van der Waals surface area contributed by atoms with Crippen molar-refractivity contribution in [2.75, 3.05) is 26.3 Å². The smallest absolute Gasteiger partial charge is 0.407 e. The number of rotatable bonds is 11. The number of benzene rings is 3. The Morgan fingerprint density at radius 3 is 2.12 bits per heavy atom. The molecule has 42 heavy (non-hydrogen) atoms. The number of fused-ring (bicyclic) bond motifs is 3. The number of carboxylic acid groups (broad SMARTS) is 1. The normalized spacial score (nSPS) is 16.3. The molecule has 1 fully saturated rings. The van der Waals surface area contributed by atoms with E-state index in [0.717, 1.165) is 27.8 Å². The van der Waals surface area contributed by atoms with Crippen molar-refractivity contribution in [2.24, 2.45) is 0 Å². The number of ether oxygens (including phenoxy) is 3. The SMILES string of the molecule is CC(OCc1ccccc1)C(NC(=O)OCC1c2ccccc2-c2ccccc21)C(=O)N1CCC(OCC(=O)O)CC1. The van der Waals surface area contributed by atoms with Gasteiger partial charge in [0.05, 0.1) is 18.8 Å². The molecule has 1 aliphatic heterocycles. The lowest BCUT2D eigenvalue weighted by Gasteiger charge is -2.35. The molecule has 0 spiro atoms. The largest absolute Gasteiger partial charge is 0.480 e. The maximum absolute atomic E-state index is 13.7. The molecular weight excluding hydrogens is 536 g/mol. The summed E-state index contributed by atoms with van der Waals surface area (Å²) in [6.45, 7) is 2.58. The maximum atomic E-state index is 13.7. The molecule has 0 bridgehead atoms. The van der Waals surface area contributed by atoms with E-state index in [-0.39, 0.29) is 37.7 Å². The van der Waals surface area contributed by atoms with E-state index in [1.54, 1.807) is 11.8 Å². The van der Waals surface area contributed by atoms with Crippen molar-refractivity contribution in [1.29, 1.82) is 0 Å². The predicted octanol–water partition coefficient (Wildman–Crippen LogP) is 4.59. The summed E-state index contributed by atoms with van der Waals surface area (Å²) in [5.74, 6) is -1.40. The second kappa shape index (κ2) is 13.6. The molecule has 3 aromatic rings. The molecule has 0 radical (unpaired) electrons. The first-order valence-electron chi connectivity index (χ1n) is 14.3. The van der Waals surface area contributed by atoms with Gasteiger partial charge in [-0.25, -0.2) is 9.59 Å². The van der Waals surface area contributed by atoms with E-state index in [9.17, 15) is 14.4 Å². The molecule has 0 saturated carbocycles. The van der Waals surface area contributed by atoms with Crippen molar-refractivity contribution in [3.63, 3.8) is 0 Å². The first-order chi connectivity index (χ1) is 20.4. The molecule has 2 amide bonds. The molecule has 1 saturated heterocycles. The maximum Gasteiger partial charge on any atom is 0.407 e. The first kappa shape index (κ1) is 29.3. The average molecular weight is 573 g/mol. The molecule has 9 heteroatoms. The molecule has 5 rings (SSSR count). The average Bonchev–Trinajstić information content (AvgIpc) is 3.34. The van der Waals surface area contributed by atoms with Gasteiger partial charge in [0.25, 0.3) is 0 Å². The molecule has 0 aromatic heterocycles. The number of nitrogens with zero attached hydrogens (tertiary/aromatic N) is 1. The molecule has 1 heterocycles. The van der Waals surface area contributed by atoms with Gasteiger partial charge in [-0.2, -0.15) is 0 Å². The van der Waals surface area contributed by atoms with Gasteiger partial charge in [0.1, 0.15) is 19.3 Å². The Morgan fingerprint density at radius 1 is 0.905 bits per heavy atom. The fourth-order valence-electron chi connectivity index (χ4n) is 5.67. The molecule has 1 aliphatic carbocycles. The number of hydrogen-bond acceptors (Lipinski definition) is 6. The van der Waals surface area contributed by atoms with Gasteiger partial charge in [0.15, 0.2) is 0 Å². The summed E-state index contributed by atoms with van der Waals surface area (Å²) in [6.07, 6.45) is -0.541. The van der Waals surface area contributed by atoms with Crippen molar-refractivity contribution in [3.8, 4) is 11.1 Å². The second-order valence-corrected chi connectivity index (χ2v) is 10.7. The van der Waals surface area contributed by atoms with Crippen molar-refractivity contribution in [3.05, 3.63) is 95.6 Å².